The van der Waals surface area contributed by atoms with Crippen molar-refractivity contribution in [2.75, 3.05) is 0 Å². The number of pyridine rings is 2. The van der Waals surface area contributed by atoms with Crippen molar-refractivity contribution in [2.24, 2.45) is 0 Å². The molecule has 14 heavy (non-hydrogen) atoms. The molecule has 0 unspecified atom stereocenters. The van der Waals surface area contributed by atoms with Gasteiger partial charge >= 0.3 is 0 Å². The summed E-state index contributed by atoms with van der Waals surface area (Å²) in [7, 11) is 0. The first kappa shape index (κ1) is 9.02. The topological polar surface area (TPSA) is 66.0 Å². The smallest absolute Gasteiger partial charge is 0.257 e. The number of rotatable bonds is 0. The van der Waals surface area contributed by atoms with Gasteiger partial charge in [-0.05, 0) is 13.0 Å². The highest BCUT2D eigenvalue weighted by Crippen LogP contribution is 2.23. The minimum Gasteiger partial charge on any atom is -0.504 e. The molecule has 0 saturated heterocycles. The Labute approximate surface area is 84.2 Å². The fraction of sp³-hybridized carbons (Fsp3) is 0.111. The standard InChI is InChI=1S/C9H7ClN2O2/c1-4-6(10)2-5-8(12-4)7(13)3-11-9(5)14/h2-3,13H,1H3,(H,11,14). The summed E-state index contributed by atoms with van der Waals surface area (Å²) in [5, 5.41) is 10.1. The SMILES string of the molecule is Cc1nc2c(O)c[nH]c(=O)c2cc1Cl. The largest absolute Gasteiger partial charge is 0.504 e. The molecule has 2 rings (SSSR count). The van der Waals surface area contributed by atoms with Crippen molar-refractivity contribution in [3.05, 3.63) is 33.3 Å². The van der Waals surface area contributed by atoms with E-state index < -0.39 is 0 Å². The molecular weight excluding hydrogens is 204 g/mol. The van der Waals surface area contributed by atoms with Gasteiger partial charge in [0.05, 0.1) is 16.1 Å². The normalized spacial score (nSPS) is 10.7. The number of H-pyrrole nitrogens is 1. The van der Waals surface area contributed by atoms with Crippen molar-refractivity contribution in [3.8, 4) is 5.75 Å². The van der Waals surface area contributed by atoms with E-state index in [0.29, 0.717) is 16.1 Å². The van der Waals surface area contributed by atoms with Gasteiger partial charge in [-0.2, -0.15) is 0 Å². The van der Waals surface area contributed by atoms with E-state index in [0.717, 1.165) is 0 Å². The Bertz CT molecular complexity index is 562. The van der Waals surface area contributed by atoms with Crippen LogP contribution in [0.1, 0.15) is 5.69 Å². The second-order valence-electron chi connectivity index (χ2n) is 2.95. The molecule has 4 nitrogen and oxygen atoms in total. The summed E-state index contributed by atoms with van der Waals surface area (Å²) in [4.78, 5) is 17.7. The number of halogens is 1. The monoisotopic (exact) mass is 210 g/mol. The Balaban J connectivity index is 3.02. The molecule has 0 fully saturated rings. The average Bonchev–Trinajstić information content (AvgIpc) is 2.15. The van der Waals surface area contributed by atoms with Crippen molar-refractivity contribution in [1.82, 2.24) is 9.97 Å². The van der Waals surface area contributed by atoms with E-state index in [1.165, 1.54) is 12.3 Å². The number of nitrogens with one attached hydrogen (secondary N) is 1. The third-order valence-electron chi connectivity index (χ3n) is 1.98. The van der Waals surface area contributed by atoms with Crippen LogP contribution < -0.4 is 5.56 Å². The van der Waals surface area contributed by atoms with Gasteiger partial charge in [0.2, 0.25) is 0 Å². The van der Waals surface area contributed by atoms with E-state index in [-0.39, 0.29) is 16.8 Å². The molecule has 0 saturated carbocycles. The number of aromatic nitrogens is 2. The van der Waals surface area contributed by atoms with Crippen molar-refractivity contribution >= 4 is 22.5 Å². The van der Waals surface area contributed by atoms with Gasteiger partial charge in [0.1, 0.15) is 5.52 Å². The Morgan fingerprint density at radius 2 is 2.29 bits per heavy atom. The molecule has 0 aliphatic rings. The molecule has 0 aliphatic heterocycles. The third-order valence-corrected chi connectivity index (χ3v) is 2.36. The number of aromatic amines is 1. The highest BCUT2D eigenvalue weighted by Gasteiger charge is 2.07. The second kappa shape index (κ2) is 2.99. The second-order valence-corrected chi connectivity index (χ2v) is 3.36. The molecule has 0 radical (unpaired) electrons. The quantitative estimate of drug-likeness (QED) is 0.694. The Kier molecular flexibility index (Phi) is 1.93. The third kappa shape index (κ3) is 1.24. The molecule has 72 valence electrons. The van der Waals surface area contributed by atoms with Crippen molar-refractivity contribution in [3.63, 3.8) is 0 Å². The van der Waals surface area contributed by atoms with Crippen molar-refractivity contribution < 1.29 is 5.11 Å². The van der Waals surface area contributed by atoms with E-state index in [2.05, 4.69) is 9.97 Å². The molecule has 2 N–H and O–H groups in total. The van der Waals surface area contributed by atoms with Crippen LogP contribution in [-0.2, 0) is 0 Å². The predicted octanol–water partition coefficient (Wildman–Crippen LogP) is 1.59. The summed E-state index contributed by atoms with van der Waals surface area (Å²) in [5.41, 5.74) is 0.544. The molecule has 0 bridgehead atoms. The van der Waals surface area contributed by atoms with Gasteiger partial charge in [0, 0.05) is 6.20 Å². The number of fused-ring (bicyclic) bond motifs is 1. The molecule has 0 aliphatic carbocycles. The highest BCUT2D eigenvalue weighted by atomic mass is 35.5. The van der Waals surface area contributed by atoms with Gasteiger partial charge < -0.3 is 10.1 Å². The van der Waals surface area contributed by atoms with Crippen LogP contribution in [0.15, 0.2) is 17.1 Å². The minimum atomic E-state index is -0.313. The first-order valence-electron chi connectivity index (χ1n) is 3.97. The lowest BCUT2D eigenvalue weighted by Crippen LogP contribution is -2.06. The molecule has 0 aromatic carbocycles. The van der Waals surface area contributed by atoms with Gasteiger partial charge in [-0.15, -0.1) is 0 Å². The van der Waals surface area contributed by atoms with Gasteiger partial charge in [0.25, 0.3) is 5.56 Å². The van der Waals surface area contributed by atoms with Crippen LogP contribution in [0.4, 0.5) is 0 Å². The first-order valence-corrected chi connectivity index (χ1v) is 4.35. The number of aromatic hydroxyl groups is 1. The first-order chi connectivity index (χ1) is 6.59. The summed E-state index contributed by atoms with van der Waals surface area (Å²) in [6, 6.07) is 1.50. The van der Waals surface area contributed by atoms with Crippen molar-refractivity contribution in [1.29, 1.82) is 0 Å². The lowest BCUT2D eigenvalue weighted by molar-refractivity contribution is 0.477. The van der Waals surface area contributed by atoms with Crippen LogP contribution in [0.5, 0.6) is 5.75 Å². The summed E-state index contributed by atoms with van der Waals surface area (Å²) >= 11 is 5.82. The van der Waals surface area contributed by atoms with E-state index in [1.807, 2.05) is 0 Å². The zero-order valence-electron chi connectivity index (χ0n) is 7.34. The number of aryl methyl sites for hydroxylation is 1. The summed E-state index contributed by atoms with van der Waals surface area (Å²) in [6.07, 6.45) is 1.21. The van der Waals surface area contributed by atoms with E-state index in [9.17, 15) is 9.90 Å². The lowest BCUT2D eigenvalue weighted by Gasteiger charge is -2.01. The Hall–Kier alpha value is -1.55. The molecule has 5 heteroatoms. The fourth-order valence-corrected chi connectivity index (χ4v) is 1.38. The summed E-state index contributed by atoms with van der Waals surface area (Å²) in [6.45, 7) is 1.71. The van der Waals surface area contributed by atoms with E-state index in [1.54, 1.807) is 6.92 Å². The maximum Gasteiger partial charge on any atom is 0.257 e. The van der Waals surface area contributed by atoms with Crippen molar-refractivity contribution in [2.45, 2.75) is 6.92 Å². The average molecular weight is 211 g/mol. The fourth-order valence-electron chi connectivity index (χ4n) is 1.23. The van der Waals surface area contributed by atoms with Crippen LogP contribution in [0.25, 0.3) is 10.9 Å². The number of hydrogen-bond donors (Lipinski definition) is 2. The van der Waals surface area contributed by atoms with E-state index in [4.69, 9.17) is 11.6 Å². The van der Waals surface area contributed by atoms with Crippen LogP contribution in [0, 0.1) is 6.92 Å². The predicted molar refractivity (Wildman–Crippen MR) is 53.8 cm³/mol. The molecule has 0 amide bonds. The van der Waals surface area contributed by atoms with Crippen LogP contribution >= 0.6 is 11.6 Å². The van der Waals surface area contributed by atoms with Gasteiger partial charge in [-0.3, -0.25) is 4.79 Å². The van der Waals surface area contributed by atoms with Crippen LogP contribution in [0.3, 0.4) is 0 Å². The van der Waals surface area contributed by atoms with Crippen LogP contribution in [0.2, 0.25) is 5.02 Å². The molecule has 2 aromatic heterocycles. The minimum absolute atomic E-state index is 0.0561. The lowest BCUT2D eigenvalue weighted by atomic mass is 10.2. The molecule has 2 aromatic rings. The summed E-state index contributed by atoms with van der Waals surface area (Å²) < 4.78 is 0. The molecular formula is C9H7ClN2O2. The van der Waals surface area contributed by atoms with E-state index >= 15 is 0 Å². The summed E-state index contributed by atoms with van der Waals surface area (Å²) in [5.74, 6) is -0.0561. The molecule has 0 atom stereocenters. The molecule has 2 heterocycles. The van der Waals surface area contributed by atoms with Gasteiger partial charge in [-0.25, -0.2) is 4.98 Å². The number of nitrogens with zero attached hydrogens (tertiary/aromatic N) is 1. The van der Waals surface area contributed by atoms with Gasteiger partial charge in [-0.1, -0.05) is 11.6 Å². The van der Waals surface area contributed by atoms with Gasteiger partial charge in [0.15, 0.2) is 5.75 Å². The Morgan fingerprint density at radius 1 is 1.57 bits per heavy atom. The number of hydrogen-bond acceptors (Lipinski definition) is 3. The zero-order valence-corrected chi connectivity index (χ0v) is 8.09. The molecule has 0 spiro atoms. The maximum absolute atomic E-state index is 11.3. The zero-order chi connectivity index (χ0) is 10.3. The Morgan fingerprint density at radius 3 is 3.00 bits per heavy atom. The maximum atomic E-state index is 11.3. The highest BCUT2D eigenvalue weighted by molar-refractivity contribution is 6.31. The van der Waals surface area contributed by atoms with Crippen LogP contribution in [-0.4, -0.2) is 15.1 Å².